The molecule has 232 valence electrons. The molecule has 2 rings (SSSR count). The molecule has 0 bridgehead atoms. The number of unbranched alkanes of at least 4 members (excludes halogenated alkanes) is 5. The van der Waals surface area contributed by atoms with Crippen molar-refractivity contribution in [3.8, 4) is 0 Å². The third kappa shape index (κ3) is 11.3. The Morgan fingerprint density at radius 1 is 1.05 bits per heavy atom. The lowest BCUT2D eigenvalue weighted by Crippen LogP contribution is -2.50. The molecule has 0 aliphatic rings. The summed E-state index contributed by atoms with van der Waals surface area (Å²) in [6.45, 7) is 11.7. The molecule has 2 aromatic heterocycles. The number of esters is 2. The van der Waals surface area contributed by atoms with Crippen molar-refractivity contribution in [2.24, 2.45) is 0 Å². The van der Waals surface area contributed by atoms with Crippen LogP contribution in [-0.4, -0.2) is 63.7 Å². The van der Waals surface area contributed by atoms with Crippen molar-refractivity contribution in [2.75, 3.05) is 25.3 Å². The van der Waals surface area contributed by atoms with E-state index in [-0.39, 0.29) is 19.6 Å². The third-order valence-corrected chi connectivity index (χ3v) is 8.72. The van der Waals surface area contributed by atoms with Gasteiger partial charge in [-0.3, -0.25) is 14.2 Å². The van der Waals surface area contributed by atoms with Crippen LogP contribution in [0.1, 0.15) is 86.5 Å². The molecule has 0 aliphatic carbocycles. The lowest BCUT2D eigenvalue weighted by atomic mass is 10.1. The number of fused-ring (bicyclic) bond motifs is 1. The van der Waals surface area contributed by atoms with Gasteiger partial charge in [0, 0.05) is 6.20 Å². The first kappa shape index (κ1) is 34.7. The van der Waals surface area contributed by atoms with Crippen LogP contribution in [0.4, 0.5) is 5.69 Å². The molecule has 2 aromatic rings. The number of pyridine rings is 1. The number of hydrogen-bond donors (Lipinski definition) is 3. The number of aromatic nitrogens is 3. The van der Waals surface area contributed by atoms with E-state index in [4.69, 9.17) is 19.9 Å². The van der Waals surface area contributed by atoms with E-state index < -0.39 is 37.1 Å². The van der Waals surface area contributed by atoms with E-state index in [0.29, 0.717) is 23.4 Å². The van der Waals surface area contributed by atoms with Gasteiger partial charge < -0.3 is 24.5 Å². The molecule has 3 atom stereocenters. The number of imidazole rings is 1. The van der Waals surface area contributed by atoms with E-state index in [1.807, 2.05) is 6.92 Å². The van der Waals surface area contributed by atoms with Gasteiger partial charge in [0.05, 0.1) is 37.9 Å². The smallest absolute Gasteiger partial charge is 0.326 e. The van der Waals surface area contributed by atoms with Crippen LogP contribution < -0.4 is 15.9 Å². The lowest BCUT2D eigenvalue weighted by Gasteiger charge is -2.32. The molecule has 0 saturated carbocycles. The molecule has 0 aromatic carbocycles. The van der Waals surface area contributed by atoms with Gasteiger partial charge in [-0.2, -0.15) is 0 Å². The summed E-state index contributed by atoms with van der Waals surface area (Å²) in [5.74, 6) is -1.06. The minimum atomic E-state index is -3.68. The summed E-state index contributed by atoms with van der Waals surface area (Å²) in [5.41, 5.74) is 6.41. The molecular weight excluding hydrogens is 547 g/mol. The summed E-state index contributed by atoms with van der Waals surface area (Å²) in [6.07, 6.45) is 9.10. The van der Waals surface area contributed by atoms with Gasteiger partial charge in [0.1, 0.15) is 23.4 Å². The van der Waals surface area contributed by atoms with Gasteiger partial charge in [0.2, 0.25) is 7.44 Å². The number of hydrogen-bond acceptors (Lipinski definition) is 9. The molecule has 0 aliphatic heterocycles. The number of nitrogen functional groups attached to an aromatic ring is 1. The Bertz CT molecular complexity index is 1160. The number of nitrogens with one attached hydrogen (secondary N) is 2. The first-order chi connectivity index (χ1) is 19.4. The lowest BCUT2D eigenvalue weighted by molar-refractivity contribution is -0.149. The number of carbonyl (C=O) groups excluding carboxylic acids is 2. The van der Waals surface area contributed by atoms with Crippen molar-refractivity contribution in [2.45, 2.75) is 111 Å². The fraction of sp³-hybridized carbons (Fsp3) is 0.714. The minimum Gasteiger partial charge on any atom is -0.465 e. The Labute approximate surface area is 244 Å². The topological polar surface area (TPSA) is 160 Å². The zero-order valence-corrected chi connectivity index (χ0v) is 26.4. The zero-order chi connectivity index (χ0) is 30.5. The Morgan fingerprint density at radius 3 is 2.41 bits per heavy atom. The monoisotopic (exact) mass is 596 g/mol. The third-order valence-electron chi connectivity index (χ3n) is 6.48. The molecule has 12 nitrogen and oxygen atoms in total. The quantitative estimate of drug-likeness (QED) is 0.110. The Kier molecular flexibility index (Phi) is 14.2. The molecule has 4 N–H and O–H groups in total. The summed E-state index contributed by atoms with van der Waals surface area (Å²) in [5, 5.41) is 5.79. The van der Waals surface area contributed by atoms with Gasteiger partial charge in [0.25, 0.3) is 0 Å². The van der Waals surface area contributed by atoms with Gasteiger partial charge in [-0.25, -0.2) is 20.1 Å². The van der Waals surface area contributed by atoms with Crippen molar-refractivity contribution in [3.63, 3.8) is 0 Å². The molecule has 13 heteroatoms. The van der Waals surface area contributed by atoms with Gasteiger partial charge >= 0.3 is 11.9 Å². The second-order valence-corrected chi connectivity index (χ2v) is 13.2. The van der Waals surface area contributed by atoms with Crippen LogP contribution >= 0.6 is 7.44 Å². The van der Waals surface area contributed by atoms with Crippen LogP contribution in [0.15, 0.2) is 18.6 Å². The summed E-state index contributed by atoms with van der Waals surface area (Å²) in [4.78, 5) is 34.2. The van der Waals surface area contributed by atoms with Crippen molar-refractivity contribution in [3.05, 3.63) is 18.6 Å². The van der Waals surface area contributed by atoms with E-state index in [9.17, 15) is 14.2 Å². The maximum atomic E-state index is 14.2. The highest BCUT2D eigenvalue weighted by atomic mass is 31.2. The van der Waals surface area contributed by atoms with E-state index in [0.717, 1.165) is 44.9 Å². The summed E-state index contributed by atoms with van der Waals surface area (Å²) in [7, 11) is -3.68. The number of ether oxygens (including phenoxy) is 3. The Balaban J connectivity index is 2.10. The number of carbonyl (C=O) groups is 2. The molecule has 0 spiro atoms. The average Bonchev–Trinajstić information content (AvgIpc) is 3.33. The van der Waals surface area contributed by atoms with E-state index in [1.165, 1.54) is 0 Å². The predicted octanol–water partition coefficient (Wildman–Crippen LogP) is 4.77. The standard InChI is InChI=1S/C28H49N6O6P/c1-7-9-11-13-17-39-27(36)28(5,6)33-41(37,32-22(4)26(35)38-16-12-10-8-2)20-40-21(3)18-34-19-31-24-23(29)14-15-30-25(24)34/h14-15,19,21-22H,7-13,16-18,20H2,1-6H3,(H2,29,30)(H2,32,33,37)/t21-,22-,41?/m1/s1. The largest absolute Gasteiger partial charge is 0.465 e. The van der Waals surface area contributed by atoms with Crippen LogP contribution in [0.3, 0.4) is 0 Å². The van der Waals surface area contributed by atoms with Crippen LogP contribution in [0.25, 0.3) is 11.2 Å². The number of nitrogens with zero attached hydrogens (tertiary/aromatic N) is 3. The van der Waals surface area contributed by atoms with Crippen LogP contribution in [0.2, 0.25) is 0 Å². The van der Waals surface area contributed by atoms with Gasteiger partial charge in [-0.15, -0.1) is 0 Å². The normalized spacial score (nSPS) is 14.9. The van der Waals surface area contributed by atoms with Crippen molar-refractivity contribution in [1.29, 1.82) is 0 Å². The summed E-state index contributed by atoms with van der Waals surface area (Å²) in [6, 6.07) is 0.778. The molecule has 0 saturated heterocycles. The number of rotatable bonds is 20. The zero-order valence-electron chi connectivity index (χ0n) is 25.5. The van der Waals surface area contributed by atoms with Gasteiger partial charge in [-0.05, 0) is 46.6 Å². The van der Waals surface area contributed by atoms with E-state index >= 15 is 0 Å². The second kappa shape index (κ2) is 16.8. The molecule has 1 unspecified atom stereocenters. The molecule has 0 fully saturated rings. The first-order valence-electron chi connectivity index (χ1n) is 14.6. The minimum absolute atomic E-state index is 0.285. The first-order valence-corrected chi connectivity index (χ1v) is 16.5. The number of anilines is 1. The molecule has 0 amide bonds. The fourth-order valence-electron chi connectivity index (χ4n) is 4.17. The van der Waals surface area contributed by atoms with Gasteiger partial charge in [0.15, 0.2) is 5.65 Å². The van der Waals surface area contributed by atoms with Gasteiger partial charge in [-0.1, -0.05) is 46.0 Å². The number of nitrogens with two attached hydrogens (primary N) is 1. The summed E-state index contributed by atoms with van der Waals surface area (Å²) < 4.78 is 32.8. The van der Waals surface area contributed by atoms with Crippen LogP contribution in [0.5, 0.6) is 0 Å². The highest BCUT2D eigenvalue weighted by Crippen LogP contribution is 2.40. The van der Waals surface area contributed by atoms with Crippen molar-refractivity contribution < 1.29 is 28.4 Å². The highest BCUT2D eigenvalue weighted by Gasteiger charge is 2.39. The Hall–Kier alpha value is -2.53. The van der Waals surface area contributed by atoms with Crippen LogP contribution in [0, 0.1) is 0 Å². The SMILES string of the molecule is CCCCCCOC(=O)C(C)(C)NP(=O)(CO[C@H](C)Cn1cnc2c(N)ccnc21)N[C@H](C)C(=O)OCCCCC. The van der Waals surface area contributed by atoms with Crippen LogP contribution in [-0.2, 0) is 34.9 Å². The van der Waals surface area contributed by atoms with Crippen molar-refractivity contribution in [1.82, 2.24) is 24.7 Å². The second-order valence-electron chi connectivity index (χ2n) is 11.0. The summed E-state index contributed by atoms with van der Waals surface area (Å²) >= 11 is 0. The maximum absolute atomic E-state index is 14.2. The average molecular weight is 597 g/mol. The van der Waals surface area contributed by atoms with E-state index in [2.05, 4.69) is 34.0 Å². The Morgan fingerprint density at radius 2 is 1.71 bits per heavy atom. The highest BCUT2D eigenvalue weighted by molar-refractivity contribution is 7.59. The molecule has 2 heterocycles. The predicted molar refractivity (Wildman–Crippen MR) is 160 cm³/mol. The maximum Gasteiger partial charge on any atom is 0.326 e. The molecular formula is C28H49N6O6P. The van der Waals surface area contributed by atoms with Crippen molar-refractivity contribution >= 4 is 36.2 Å². The van der Waals surface area contributed by atoms with E-state index in [1.54, 1.807) is 43.9 Å². The fourth-order valence-corrected chi connectivity index (χ4v) is 6.56. The molecule has 41 heavy (non-hydrogen) atoms. The molecule has 0 radical (unpaired) electrons.